The number of nitriles is 1. The van der Waals surface area contributed by atoms with Gasteiger partial charge in [-0.3, -0.25) is 9.80 Å². The fourth-order valence-corrected chi connectivity index (χ4v) is 5.28. The lowest BCUT2D eigenvalue weighted by Gasteiger charge is -2.45. The van der Waals surface area contributed by atoms with Crippen molar-refractivity contribution in [1.29, 1.82) is 5.26 Å². The minimum absolute atomic E-state index is 0.105. The summed E-state index contributed by atoms with van der Waals surface area (Å²) in [6.45, 7) is 4.19. The molecule has 0 aromatic carbocycles. The molecule has 5 nitrogen and oxygen atoms in total. The number of thiophene rings is 1. The first-order valence-electron chi connectivity index (χ1n) is 8.03. The quantitative estimate of drug-likeness (QED) is 0.788. The Morgan fingerprint density at radius 2 is 2.12 bits per heavy atom. The average Bonchev–Trinajstić information content (AvgIpc) is 2.90. The van der Waals surface area contributed by atoms with Crippen molar-refractivity contribution in [3.05, 3.63) is 43.5 Å². The fraction of sp³-hybridized carbons (Fsp3) is 0.444. The molecule has 1 aliphatic heterocycles. The van der Waals surface area contributed by atoms with Gasteiger partial charge in [0.1, 0.15) is 5.82 Å². The van der Waals surface area contributed by atoms with Crippen molar-refractivity contribution >= 4 is 33.0 Å². The standard InChI is InChI=1S/C18H21BrN4OS/c1-18(2)6-12-16(13(24)7-18)15(14-5-10(19)9-25-14)11(8-20)17(21)23(12)22(3)4/h5,9,15H,6-7,21H2,1-4H3. The Bertz CT molecular complexity index is 844. The number of Topliss-reactive ketones (excluding diaryl/α,β-unsaturated/α-hetero) is 1. The van der Waals surface area contributed by atoms with E-state index in [0.717, 1.165) is 21.5 Å². The summed E-state index contributed by atoms with van der Waals surface area (Å²) in [6, 6.07) is 4.24. The number of ketones is 1. The van der Waals surface area contributed by atoms with Gasteiger partial charge in [0.05, 0.1) is 17.6 Å². The number of hydrogen-bond acceptors (Lipinski definition) is 6. The lowest BCUT2D eigenvalue weighted by Crippen LogP contribution is -2.47. The molecule has 0 saturated heterocycles. The number of hydrazine groups is 1. The molecule has 2 heterocycles. The summed E-state index contributed by atoms with van der Waals surface area (Å²) in [7, 11) is 3.75. The fourth-order valence-electron chi connectivity index (χ4n) is 3.71. The van der Waals surface area contributed by atoms with Crippen LogP contribution in [0.3, 0.4) is 0 Å². The molecule has 0 fully saturated rings. The molecular formula is C18H21BrN4OS. The molecule has 7 heteroatoms. The van der Waals surface area contributed by atoms with Crippen molar-refractivity contribution < 1.29 is 4.79 Å². The number of allylic oxidation sites excluding steroid dienone is 3. The molecule has 25 heavy (non-hydrogen) atoms. The second-order valence-electron chi connectivity index (χ2n) is 7.47. The van der Waals surface area contributed by atoms with Crippen LogP contribution in [0.2, 0.25) is 0 Å². The maximum atomic E-state index is 13.1. The van der Waals surface area contributed by atoms with E-state index in [1.54, 1.807) is 0 Å². The molecule has 1 aliphatic carbocycles. The van der Waals surface area contributed by atoms with Crippen LogP contribution < -0.4 is 5.73 Å². The highest BCUT2D eigenvalue weighted by atomic mass is 79.9. The minimum atomic E-state index is -0.379. The van der Waals surface area contributed by atoms with Gasteiger partial charge in [-0.25, -0.2) is 5.01 Å². The van der Waals surface area contributed by atoms with Crippen LogP contribution in [0, 0.1) is 16.7 Å². The molecular weight excluding hydrogens is 400 g/mol. The maximum Gasteiger partial charge on any atom is 0.162 e. The van der Waals surface area contributed by atoms with Crippen LogP contribution in [0.25, 0.3) is 0 Å². The van der Waals surface area contributed by atoms with Gasteiger partial charge in [-0.05, 0) is 33.8 Å². The van der Waals surface area contributed by atoms with E-state index >= 15 is 0 Å². The van der Waals surface area contributed by atoms with Crippen molar-refractivity contribution in [2.45, 2.75) is 32.6 Å². The molecule has 0 radical (unpaired) electrons. The Labute approximate surface area is 160 Å². The topological polar surface area (TPSA) is 73.4 Å². The number of nitrogens with zero attached hydrogens (tertiary/aromatic N) is 3. The third kappa shape index (κ3) is 3.03. The largest absolute Gasteiger partial charge is 0.383 e. The minimum Gasteiger partial charge on any atom is -0.383 e. The van der Waals surface area contributed by atoms with Gasteiger partial charge in [0, 0.05) is 46.5 Å². The van der Waals surface area contributed by atoms with Crippen molar-refractivity contribution in [2.24, 2.45) is 11.1 Å². The van der Waals surface area contributed by atoms with Crippen molar-refractivity contribution in [3.8, 4) is 6.07 Å². The van der Waals surface area contributed by atoms with E-state index in [4.69, 9.17) is 5.73 Å². The lowest BCUT2D eigenvalue weighted by molar-refractivity contribution is -0.119. The van der Waals surface area contributed by atoms with E-state index in [-0.39, 0.29) is 17.1 Å². The van der Waals surface area contributed by atoms with Crippen LogP contribution in [0.4, 0.5) is 0 Å². The summed E-state index contributed by atoms with van der Waals surface area (Å²) in [5.74, 6) is 0.134. The van der Waals surface area contributed by atoms with Crippen molar-refractivity contribution in [2.75, 3.05) is 14.1 Å². The van der Waals surface area contributed by atoms with E-state index in [1.165, 1.54) is 11.3 Å². The molecule has 0 amide bonds. The van der Waals surface area contributed by atoms with E-state index in [9.17, 15) is 10.1 Å². The molecule has 1 aromatic rings. The predicted octanol–water partition coefficient (Wildman–Crippen LogP) is 3.72. The maximum absolute atomic E-state index is 13.1. The van der Waals surface area contributed by atoms with E-state index in [1.807, 2.05) is 35.6 Å². The molecule has 0 bridgehead atoms. The molecule has 1 atom stereocenters. The normalized spacial score (nSPS) is 23.2. The second kappa shape index (κ2) is 6.27. The Hall–Kier alpha value is -1.62. The van der Waals surface area contributed by atoms with Gasteiger partial charge in [0.2, 0.25) is 0 Å². The monoisotopic (exact) mass is 420 g/mol. The Morgan fingerprint density at radius 3 is 2.64 bits per heavy atom. The molecule has 3 rings (SSSR count). The highest BCUT2D eigenvalue weighted by Gasteiger charge is 2.45. The third-order valence-electron chi connectivity index (χ3n) is 4.63. The van der Waals surface area contributed by atoms with Crippen LogP contribution in [0.15, 0.2) is 38.6 Å². The highest BCUT2D eigenvalue weighted by molar-refractivity contribution is 9.10. The highest BCUT2D eigenvalue weighted by Crippen LogP contribution is 2.50. The molecule has 1 aromatic heterocycles. The van der Waals surface area contributed by atoms with Crippen molar-refractivity contribution in [3.63, 3.8) is 0 Å². The smallest absolute Gasteiger partial charge is 0.162 e. The first kappa shape index (κ1) is 18.2. The predicted molar refractivity (Wildman–Crippen MR) is 102 cm³/mol. The molecule has 0 saturated carbocycles. The van der Waals surface area contributed by atoms with Gasteiger partial charge in [-0.2, -0.15) is 5.26 Å². The van der Waals surface area contributed by atoms with Crippen molar-refractivity contribution in [1.82, 2.24) is 10.0 Å². The second-order valence-corrected chi connectivity index (χ2v) is 9.33. The summed E-state index contributed by atoms with van der Waals surface area (Å²) in [6.07, 6.45) is 1.23. The Morgan fingerprint density at radius 1 is 1.44 bits per heavy atom. The van der Waals surface area contributed by atoms with E-state index < -0.39 is 0 Å². The van der Waals surface area contributed by atoms with Gasteiger partial charge >= 0.3 is 0 Å². The number of carbonyl (C=O) groups excluding carboxylic acids is 1. The number of halogens is 1. The Kier molecular flexibility index (Phi) is 4.56. The summed E-state index contributed by atoms with van der Waals surface area (Å²) in [5.41, 5.74) is 8.34. The Balaban J connectivity index is 2.28. The zero-order valence-electron chi connectivity index (χ0n) is 14.8. The van der Waals surface area contributed by atoms with Gasteiger partial charge < -0.3 is 5.73 Å². The molecule has 132 valence electrons. The number of carbonyl (C=O) groups is 1. The zero-order chi connectivity index (χ0) is 18.5. The van der Waals surface area contributed by atoms with E-state index in [0.29, 0.717) is 23.4 Å². The molecule has 2 aliphatic rings. The molecule has 1 unspecified atom stereocenters. The first-order valence-corrected chi connectivity index (χ1v) is 9.71. The van der Waals surface area contributed by atoms with Gasteiger partial charge in [-0.1, -0.05) is 13.8 Å². The van der Waals surface area contributed by atoms with Crippen LogP contribution in [-0.2, 0) is 4.79 Å². The van der Waals surface area contributed by atoms with Gasteiger partial charge in [0.25, 0.3) is 0 Å². The summed E-state index contributed by atoms with van der Waals surface area (Å²) in [4.78, 5) is 14.1. The first-order chi connectivity index (χ1) is 11.7. The van der Waals surface area contributed by atoms with E-state index in [2.05, 4.69) is 35.8 Å². The summed E-state index contributed by atoms with van der Waals surface area (Å²) >= 11 is 5.01. The zero-order valence-corrected chi connectivity index (χ0v) is 17.2. The number of hydrogen-bond donors (Lipinski definition) is 1. The number of nitrogens with two attached hydrogens (primary N) is 1. The average molecular weight is 421 g/mol. The lowest BCUT2D eigenvalue weighted by atomic mass is 9.70. The van der Waals surface area contributed by atoms with Crippen LogP contribution >= 0.6 is 27.3 Å². The van der Waals surface area contributed by atoms with Crippen LogP contribution in [0.1, 0.15) is 37.5 Å². The summed E-state index contributed by atoms with van der Waals surface area (Å²) in [5, 5.41) is 15.4. The number of rotatable bonds is 2. The molecule has 2 N–H and O–H groups in total. The van der Waals surface area contributed by atoms with Gasteiger partial charge in [-0.15, -0.1) is 11.3 Å². The van der Waals surface area contributed by atoms with Crippen LogP contribution in [0.5, 0.6) is 0 Å². The molecule has 0 spiro atoms. The third-order valence-corrected chi connectivity index (χ3v) is 6.38. The SMILES string of the molecule is CN(C)N1C(N)=C(C#N)C(c2cc(Br)cs2)C2=C1CC(C)(C)CC2=O. The van der Waals surface area contributed by atoms with Crippen LogP contribution in [-0.4, -0.2) is 29.9 Å². The van der Waals surface area contributed by atoms with Gasteiger partial charge in [0.15, 0.2) is 5.78 Å². The summed E-state index contributed by atoms with van der Waals surface area (Å²) < 4.78 is 0.948.